The molecule has 0 unspecified atom stereocenters. The lowest BCUT2D eigenvalue weighted by molar-refractivity contribution is -0.121. The van der Waals surface area contributed by atoms with E-state index in [4.69, 9.17) is 10.2 Å². The Morgan fingerprint density at radius 2 is 2.00 bits per heavy atom. The summed E-state index contributed by atoms with van der Waals surface area (Å²) >= 11 is 0. The van der Waals surface area contributed by atoms with Gasteiger partial charge in [-0.15, -0.1) is 0 Å². The van der Waals surface area contributed by atoms with Crippen molar-refractivity contribution in [2.24, 2.45) is 0 Å². The molecule has 2 aromatic rings. The molecule has 2 rings (SSSR count). The van der Waals surface area contributed by atoms with Crippen molar-refractivity contribution >= 4 is 11.6 Å². The van der Waals surface area contributed by atoms with Gasteiger partial charge in [0.2, 0.25) is 5.91 Å². The summed E-state index contributed by atoms with van der Waals surface area (Å²) in [4.78, 5) is 11.6. The molecule has 0 bridgehead atoms. The predicted octanol–water partition coefficient (Wildman–Crippen LogP) is 2.11. The van der Waals surface area contributed by atoms with Crippen molar-refractivity contribution in [1.29, 1.82) is 0 Å². The van der Waals surface area contributed by atoms with Gasteiger partial charge in [0.1, 0.15) is 5.76 Å². The number of aryl methyl sites for hydroxylation is 1. The van der Waals surface area contributed by atoms with E-state index in [0.717, 1.165) is 17.0 Å². The number of carbonyl (C=O) groups is 1. The average molecular weight is 244 g/mol. The van der Waals surface area contributed by atoms with Crippen LogP contribution in [-0.4, -0.2) is 5.91 Å². The Morgan fingerprint density at radius 3 is 2.67 bits per heavy atom. The first-order valence-electron chi connectivity index (χ1n) is 5.87. The Labute approximate surface area is 106 Å². The van der Waals surface area contributed by atoms with E-state index in [1.807, 2.05) is 36.4 Å². The molecule has 0 aliphatic carbocycles. The molecule has 0 atom stereocenters. The Morgan fingerprint density at radius 1 is 1.22 bits per heavy atom. The van der Waals surface area contributed by atoms with Crippen LogP contribution in [0.1, 0.15) is 17.7 Å². The van der Waals surface area contributed by atoms with Gasteiger partial charge in [-0.2, -0.15) is 0 Å². The zero-order chi connectivity index (χ0) is 12.8. The number of carbonyl (C=O) groups excluding carboxylic acids is 1. The van der Waals surface area contributed by atoms with Crippen LogP contribution in [0.5, 0.6) is 0 Å². The maximum Gasteiger partial charge on any atom is 0.220 e. The van der Waals surface area contributed by atoms with Crippen LogP contribution in [0.15, 0.2) is 47.1 Å². The highest BCUT2D eigenvalue weighted by Crippen LogP contribution is 2.06. The minimum atomic E-state index is 0.0169. The fourth-order valence-electron chi connectivity index (χ4n) is 1.62. The third-order valence-electron chi connectivity index (χ3n) is 2.65. The fraction of sp³-hybridized carbons (Fsp3) is 0.214. The van der Waals surface area contributed by atoms with Gasteiger partial charge in [-0.05, 0) is 29.8 Å². The molecular formula is C14H16N2O2. The van der Waals surface area contributed by atoms with E-state index in [1.54, 1.807) is 6.26 Å². The standard InChI is InChI=1S/C14H16N2O2/c15-12-5-3-11(4-6-12)10-16-14(17)8-7-13-2-1-9-18-13/h1-6,9H,7-8,10,15H2,(H,16,17). The zero-order valence-corrected chi connectivity index (χ0v) is 10.1. The first-order valence-corrected chi connectivity index (χ1v) is 5.87. The molecule has 0 saturated carbocycles. The molecule has 3 N–H and O–H groups in total. The monoisotopic (exact) mass is 244 g/mol. The van der Waals surface area contributed by atoms with Crippen LogP contribution in [0, 0.1) is 0 Å². The Bertz CT molecular complexity index is 489. The van der Waals surface area contributed by atoms with Crippen LogP contribution in [0.25, 0.3) is 0 Å². The molecule has 94 valence electrons. The molecule has 1 aromatic carbocycles. The number of benzene rings is 1. The summed E-state index contributed by atoms with van der Waals surface area (Å²) in [6, 6.07) is 11.1. The Balaban J connectivity index is 1.73. The smallest absolute Gasteiger partial charge is 0.220 e. The number of anilines is 1. The van der Waals surface area contributed by atoms with Crippen molar-refractivity contribution < 1.29 is 9.21 Å². The quantitative estimate of drug-likeness (QED) is 0.791. The lowest BCUT2D eigenvalue weighted by Crippen LogP contribution is -2.22. The minimum absolute atomic E-state index is 0.0169. The second-order valence-electron chi connectivity index (χ2n) is 4.10. The van der Waals surface area contributed by atoms with Crippen LogP contribution >= 0.6 is 0 Å². The van der Waals surface area contributed by atoms with E-state index in [2.05, 4.69) is 5.32 Å². The molecule has 0 aliphatic rings. The van der Waals surface area contributed by atoms with Gasteiger partial charge in [-0.3, -0.25) is 4.79 Å². The number of amides is 1. The average Bonchev–Trinajstić information content (AvgIpc) is 2.89. The number of nitrogens with two attached hydrogens (primary N) is 1. The van der Waals surface area contributed by atoms with Crippen LogP contribution < -0.4 is 11.1 Å². The molecule has 0 radical (unpaired) electrons. The maximum absolute atomic E-state index is 11.6. The molecule has 18 heavy (non-hydrogen) atoms. The summed E-state index contributed by atoms with van der Waals surface area (Å²) in [6.45, 7) is 0.525. The van der Waals surface area contributed by atoms with E-state index < -0.39 is 0 Å². The summed E-state index contributed by atoms with van der Waals surface area (Å²) in [6.07, 6.45) is 2.67. The van der Waals surface area contributed by atoms with Crippen molar-refractivity contribution in [3.05, 3.63) is 54.0 Å². The van der Waals surface area contributed by atoms with E-state index in [-0.39, 0.29) is 5.91 Å². The normalized spacial score (nSPS) is 10.2. The lowest BCUT2D eigenvalue weighted by Gasteiger charge is -2.05. The SMILES string of the molecule is Nc1ccc(CNC(=O)CCc2ccco2)cc1. The lowest BCUT2D eigenvalue weighted by atomic mass is 10.2. The number of nitrogen functional groups attached to an aromatic ring is 1. The largest absolute Gasteiger partial charge is 0.469 e. The number of furan rings is 1. The summed E-state index contributed by atoms with van der Waals surface area (Å²) in [7, 11) is 0. The number of nitrogens with one attached hydrogen (secondary N) is 1. The van der Waals surface area contributed by atoms with E-state index in [1.165, 1.54) is 0 Å². The molecule has 1 aromatic heterocycles. The molecular weight excluding hydrogens is 228 g/mol. The summed E-state index contributed by atoms with van der Waals surface area (Å²) in [5.41, 5.74) is 7.35. The second-order valence-corrected chi connectivity index (χ2v) is 4.10. The van der Waals surface area contributed by atoms with Crippen molar-refractivity contribution in [1.82, 2.24) is 5.32 Å². The van der Waals surface area contributed by atoms with E-state index in [9.17, 15) is 4.79 Å². The zero-order valence-electron chi connectivity index (χ0n) is 10.1. The number of hydrogen-bond donors (Lipinski definition) is 2. The summed E-state index contributed by atoms with van der Waals surface area (Å²) in [5.74, 6) is 0.848. The molecule has 0 saturated heterocycles. The van der Waals surface area contributed by atoms with Gasteiger partial charge in [0.25, 0.3) is 0 Å². The van der Waals surface area contributed by atoms with Gasteiger partial charge in [0.15, 0.2) is 0 Å². The number of rotatable bonds is 5. The van der Waals surface area contributed by atoms with E-state index in [0.29, 0.717) is 19.4 Å². The van der Waals surface area contributed by atoms with E-state index >= 15 is 0 Å². The summed E-state index contributed by atoms with van der Waals surface area (Å²) in [5, 5.41) is 2.86. The highest BCUT2D eigenvalue weighted by atomic mass is 16.3. The van der Waals surface area contributed by atoms with Crippen molar-refractivity contribution in [2.75, 3.05) is 5.73 Å². The first-order chi connectivity index (χ1) is 8.74. The van der Waals surface area contributed by atoms with Gasteiger partial charge < -0.3 is 15.5 Å². The topological polar surface area (TPSA) is 68.3 Å². The van der Waals surface area contributed by atoms with Crippen molar-refractivity contribution in [2.45, 2.75) is 19.4 Å². The Hall–Kier alpha value is -2.23. The van der Waals surface area contributed by atoms with Crippen molar-refractivity contribution in [3.63, 3.8) is 0 Å². The molecule has 1 heterocycles. The molecule has 4 nitrogen and oxygen atoms in total. The summed E-state index contributed by atoms with van der Waals surface area (Å²) < 4.78 is 5.17. The molecule has 0 spiro atoms. The molecule has 1 amide bonds. The van der Waals surface area contributed by atoms with Crippen LogP contribution in [-0.2, 0) is 17.8 Å². The van der Waals surface area contributed by atoms with Gasteiger partial charge in [0, 0.05) is 25.1 Å². The number of hydrogen-bond acceptors (Lipinski definition) is 3. The van der Waals surface area contributed by atoms with Gasteiger partial charge >= 0.3 is 0 Å². The van der Waals surface area contributed by atoms with Gasteiger partial charge in [0.05, 0.1) is 6.26 Å². The predicted molar refractivity (Wildman–Crippen MR) is 69.7 cm³/mol. The molecule has 4 heteroatoms. The van der Waals surface area contributed by atoms with Gasteiger partial charge in [-0.1, -0.05) is 12.1 Å². The minimum Gasteiger partial charge on any atom is -0.469 e. The van der Waals surface area contributed by atoms with Crippen molar-refractivity contribution in [3.8, 4) is 0 Å². The van der Waals surface area contributed by atoms with Gasteiger partial charge in [-0.25, -0.2) is 0 Å². The highest BCUT2D eigenvalue weighted by molar-refractivity contribution is 5.76. The van der Waals surface area contributed by atoms with Crippen LogP contribution in [0.2, 0.25) is 0 Å². The highest BCUT2D eigenvalue weighted by Gasteiger charge is 2.03. The fourth-order valence-corrected chi connectivity index (χ4v) is 1.62. The third kappa shape index (κ3) is 3.66. The molecule has 0 aliphatic heterocycles. The first kappa shape index (κ1) is 12.2. The van der Waals surface area contributed by atoms with Crippen LogP contribution in [0.3, 0.4) is 0 Å². The maximum atomic E-state index is 11.6. The Kier molecular flexibility index (Phi) is 4.02. The molecule has 0 fully saturated rings. The third-order valence-corrected chi connectivity index (χ3v) is 2.65. The second kappa shape index (κ2) is 5.91. The van der Waals surface area contributed by atoms with Crippen LogP contribution in [0.4, 0.5) is 5.69 Å².